The van der Waals surface area contributed by atoms with Gasteiger partial charge in [-0.25, -0.2) is 4.98 Å². The summed E-state index contributed by atoms with van der Waals surface area (Å²) in [7, 11) is 0. The van der Waals surface area contributed by atoms with E-state index in [9.17, 15) is 14.7 Å². The molecule has 0 aliphatic heterocycles. The Labute approximate surface area is 154 Å². The quantitative estimate of drug-likeness (QED) is 0.747. The number of hydrogen-bond acceptors (Lipinski definition) is 4. The van der Waals surface area contributed by atoms with Gasteiger partial charge in [0, 0.05) is 17.8 Å². The molecule has 3 aromatic rings. The van der Waals surface area contributed by atoms with Crippen LogP contribution in [0.2, 0.25) is 0 Å². The van der Waals surface area contributed by atoms with E-state index in [2.05, 4.69) is 0 Å². The maximum absolute atomic E-state index is 13.3. The summed E-state index contributed by atoms with van der Waals surface area (Å²) >= 11 is 1.49. The number of hydrogen-bond donors (Lipinski definition) is 1. The summed E-state index contributed by atoms with van der Waals surface area (Å²) in [6.45, 7) is 2.62. The van der Waals surface area contributed by atoms with Gasteiger partial charge in [0.25, 0.3) is 5.56 Å². The van der Waals surface area contributed by atoms with Crippen LogP contribution < -0.4 is 5.56 Å². The van der Waals surface area contributed by atoms with Crippen molar-refractivity contribution in [1.82, 2.24) is 9.55 Å². The molecule has 2 heterocycles. The first-order valence-electron chi connectivity index (χ1n) is 8.91. The standard InChI is InChI=1S/C20H20N2O3S/c1-2-10-22-15(11-12-6-4-3-5-7-12)21-18-17(19(22)23)16-13(20(24)25)8-9-14(16)26-18/h3-7,13H,2,8-11H2,1H3,(H,24,25). The molecule has 0 saturated carbocycles. The van der Waals surface area contributed by atoms with Crippen molar-refractivity contribution in [2.24, 2.45) is 0 Å². The van der Waals surface area contributed by atoms with Crippen LogP contribution in [0.5, 0.6) is 0 Å². The number of aliphatic carboxylic acids is 1. The van der Waals surface area contributed by atoms with Gasteiger partial charge in [-0.15, -0.1) is 11.3 Å². The van der Waals surface area contributed by atoms with Crippen LogP contribution in [0.25, 0.3) is 10.2 Å². The number of thiophene rings is 1. The van der Waals surface area contributed by atoms with Gasteiger partial charge in [0.15, 0.2) is 0 Å². The third-order valence-corrected chi connectivity index (χ3v) is 6.12. The Hall–Kier alpha value is -2.47. The van der Waals surface area contributed by atoms with Crippen molar-refractivity contribution in [3.05, 3.63) is 62.5 Å². The number of carbonyl (C=O) groups is 1. The highest BCUT2D eigenvalue weighted by Crippen LogP contribution is 2.42. The molecule has 0 amide bonds. The Morgan fingerprint density at radius 3 is 2.81 bits per heavy atom. The normalized spacial score (nSPS) is 16.1. The molecule has 1 atom stereocenters. The zero-order valence-corrected chi connectivity index (χ0v) is 15.4. The molecule has 0 spiro atoms. The van der Waals surface area contributed by atoms with Gasteiger partial charge in [0.2, 0.25) is 0 Å². The lowest BCUT2D eigenvalue weighted by Crippen LogP contribution is -2.26. The molecule has 2 aromatic heterocycles. The molecular weight excluding hydrogens is 348 g/mol. The number of aryl methyl sites for hydroxylation is 1. The van der Waals surface area contributed by atoms with Crippen molar-refractivity contribution in [3.8, 4) is 0 Å². The monoisotopic (exact) mass is 368 g/mol. The first-order valence-corrected chi connectivity index (χ1v) is 9.73. The summed E-state index contributed by atoms with van der Waals surface area (Å²) in [4.78, 5) is 31.4. The van der Waals surface area contributed by atoms with E-state index < -0.39 is 11.9 Å². The van der Waals surface area contributed by atoms with Crippen LogP contribution in [0, 0.1) is 0 Å². The van der Waals surface area contributed by atoms with Gasteiger partial charge in [0.05, 0.1) is 11.3 Å². The highest BCUT2D eigenvalue weighted by atomic mass is 32.1. The molecular formula is C20H20N2O3S. The van der Waals surface area contributed by atoms with E-state index >= 15 is 0 Å². The van der Waals surface area contributed by atoms with E-state index in [1.807, 2.05) is 37.3 Å². The molecule has 0 radical (unpaired) electrons. The first kappa shape index (κ1) is 17.0. The molecule has 1 aromatic carbocycles. The predicted molar refractivity (Wildman–Crippen MR) is 102 cm³/mol. The number of aromatic nitrogens is 2. The number of carboxylic acids is 1. The molecule has 0 fully saturated rings. The zero-order chi connectivity index (χ0) is 18.3. The highest BCUT2D eigenvalue weighted by Gasteiger charge is 2.34. The lowest BCUT2D eigenvalue weighted by molar-refractivity contribution is -0.138. The van der Waals surface area contributed by atoms with Gasteiger partial charge in [-0.2, -0.15) is 0 Å². The fourth-order valence-corrected chi connectivity index (χ4v) is 5.04. The molecule has 0 bridgehead atoms. The molecule has 5 nitrogen and oxygen atoms in total. The van der Waals surface area contributed by atoms with Crippen molar-refractivity contribution in [2.75, 3.05) is 0 Å². The Morgan fingerprint density at radius 1 is 1.35 bits per heavy atom. The van der Waals surface area contributed by atoms with Crippen LogP contribution in [0.15, 0.2) is 35.1 Å². The topological polar surface area (TPSA) is 72.2 Å². The fourth-order valence-electron chi connectivity index (χ4n) is 3.78. The molecule has 134 valence electrons. The first-order chi connectivity index (χ1) is 12.6. The smallest absolute Gasteiger partial charge is 0.311 e. The number of carboxylic acid groups (broad SMARTS) is 1. The summed E-state index contributed by atoms with van der Waals surface area (Å²) in [5, 5.41) is 10.1. The third kappa shape index (κ3) is 2.74. The van der Waals surface area contributed by atoms with Gasteiger partial charge in [-0.1, -0.05) is 37.3 Å². The third-order valence-electron chi connectivity index (χ3n) is 4.96. The minimum atomic E-state index is -0.849. The molecule has 4 rings (SSSR count). The lowest BCUT2D eigenvalue weighted by atomic mass is 10.0. The van der Waals surface area contributed by atoms with Gasteiger partial charge < -0.3 is 5.11 Å². The zero-order valence-electron chi connectivity index (χ0n) is 14.6. The van der Waals surface area contributed by atoms with Crippen molar-refractivity contribution in [2.45, 2.75) is 45.1 Å². The second-order valence-electron chi connectivity index (χ2n) is 6.70. The van der Waals surface area contributed by atoms with Crippen LogP contribution in [0.3, 0.4) is 0 Å². The maximum Gasteiger partial charge on any atom is 0.311 e. The second-order valence-corrected chi connectivity index (χ2v) is 7.78. The Morgan fingerprint density at radius 2 is 2.12 bits per heavy atom. The summed E-state index contributed by atoms with van der Waals surface area (Å²) in [5.41, 5.74) is 1.73. The maximum atomic E-state index is 13.3. The molecule has 1 unspecified atom stereocenters. The predicted octanol–water partition coefficient (Wildman–Crippen LogP) is 3.57. The Kier molecular flexibility index (Phi) is 4.36. The Balaban J connectivity index is 1.91. The summed E-state index contributed by atoms with van der Waals surface area (Å²) in [6, 6.07) is 9.98. The Bertz CT molecular complexity index is 1040. The summed E-state index contributed by atoms with van der Waals surface area (Å²) in [5.74, 6) is -0.677. The second kappa shape index (κ2) is 6.68. The van der Waals surface area contributed by atoms with E-state index in [1.54, 1.807) is 4.57 Å². The lowest BCUT2D eigenvalue weighted by Gasteiger charge is -2.13. The largest absolute Gasteiger partial charge is 0.481 e. The van der Waals surface area contributed by atoms with Crippen LogP contribution in [-0.4, -0.2) is 20.6 Å². The minimum Gasteiger partial charge on any atom is -0.481 e. The van der Waals surface area contributed by atoms with Crippen molar-refractivity contribution in [3.63, 3.8) is 0 Å². The molecule has 1 aliphatic rings. The molecule has 26 heavy (non-hydrogen) atoms. The summed E-state index contributed by atoms with van der Waals surface area (Å²) < 4.78 is 1.74. The number of nitrogens with zero attached hydrogens (tertiary/aromatic N) is 2. The van der Waals surface area contributed by atoms with Gasteiger partial charge in [-0.05, 0) is 30.4 Å². The highest BCUT2D eigenvalue weighted by molar-refractivity contribution is 7.18. The minimum absolute atomic E-state index is 0.0894. The van der Waals surface area contributed by atoms with Crippen LogP contribution >= 0.6 is 11.3 Å². The fraction of sp³-hybridized carbons (Fsp3) is 0.350. The van der Waals surface area contributed by atoms with E-state index in [-0.39, 0.29) is 5.56 Å². The number of fused-ring (bicyclic) bond motifs is 3. The molecule has 0 saturated heterocycles. The molecule has 1 N–H and O–H groups in total. The van der Waals surface area contributed by atoms with Gasteiger partial charge in [-0.3, -0.25) is 14.2 Å². The molecule has 1 aliphatic carbocycles. The molecule has 6 heteroatoms. The van der Waals surface area contributed by atoms with Crippen LogP contribution in [-0.2, 0) is 24.2 Å². The SMILES string of the molecule is CCCn1c(Cc2ccccc2)nc2sc3c(c2c1=O)C(C(=O)O)CC3. The summed E-state index contributed by atoms with van der Waals surface area (Å²) in [6.07, 6.45) is 2.71. The van der Waals surface area contributed by atoms with Crippen LogP contribution in [0.4, 0.5) is 0 Å². The van der Waals surface area contributed by atoms with Crippen LogP contribution in [0.1, 0.15) is 47.5 Å². The van der Waals surface area contributed by atoms with E-state index in [4.69, 9.17) is 4.98 Å². The average Bonchev–Trinajstić information content (AvgIpc) is 3.17. The van der Waals surface area contributed by atoms with E-state index in [0.29, 0.717) is 41.6 Å². The van der Waals surface area contributed by atoms with E-state index in [1.165, 1.54) is 11.3 Å². The van der Waals surface area contributed by atoms with Crippen molar-refractivity contribution < 1.29 is 9.90 Å². The average molecular weight is 368 g/mol. The van der Waals surface area contributed by atoms with E-state index in [0.717, 1.165) is 22.7 Å². The number of rotatable bonds is 5. The van der Waals surface area contributed by atoms with Crippen molar-refractivity contribution >= 4 is 27.5 Å². The van der Waals surface area contributed by atoms with Gasteiger partial charge >= 0.3 is 5.97 Å². The number of benzene rings is 1. The van der Waals surface area contributed by atoms with Crippen molar-refractivity contribution in [1.29, 1.82) is 0 Å². The van der Waals surface area contributed by atoms with Gasteiger partial charge in [0.1, 0.15) is 10.7 Å².